The number of hydrogen-bond acceptors (Lipinski definition) is 3. The van der Waals surface area contributed by atoms with Gasteiger partial charge in [0.1, 0.15) is 5.75 Å². The van der Waals surface area contributed by atoms with Crippen LogP contribution in [0.15, 0.2) is 18.2 Å². The number of rotatable bonds is 6. The van der Waals surface area contributed by atoms with Crippen LogP contribution in [0.2, 0.25) is 0 Å². The van der Waals surface area contributed by atoms with Gasteiger partial charge in [-0.25, -0.2) is 0 Å². The van der Waals surface area contributed by atoms with Crippen LogP contribution in [0.4, 0.5) is 5.69 Å². The fourth-order valence-corrected chi connectivity index (χ4v) is 2.30. The van der Waals surface area contributed by atoms with Crippen molar-refractivity contribution >= 4 is 17.5 Å². The van der Waals surface area contributed by atoms with E-state index in [1.54, 1.807) is 18.2 Å². The molecule has 0 saturated heterocycles. The monoisotopic (exact) mass is 290 g/mol. The molecule has 1 aliphatic heterocycles. The minimum Gasteiger partial charge on any atom is -0.482 e. The van der Waals surface area contributed by atoms with Gasteiger partial charge >= 0.3 is 0 Å². The van der Waals surface area contributed by atoms with E-state index < -0.39 is 0 Å². The molecule has 2 rings (SSSR count). The summed E-state index contributed by atoms with van der Waals surface area (Å²) >= 11 is 0. The van der Waals surface area contributed by atoms with Crippen LogP contribution >= 0.6 is 0 Å². The normalized spacial score (nSPS) is 14.7. The highest BCUT2D eigenvalue weighted by Gasteiger charge is 2.18. The summed E-state index contributed by atoms with van der Waals surface area (Å²) in [6.07, 6.45) is 4.47. The Morgan fingerprint density at radius 1 is 1.43 bits per heavy atom. The number of carbonyl (C=O) groups excluding carboxylic acids is 2. The lowest BCUT2D eigenvalue weighted by atomic mass is 10.1. The highest BCUT2D eigenvalue weighted by atomic mass is 16.5. The molecule has 114 valence electrons. The Balaban J connectivity index is 1.95. The molecule has 1 unspecified atom stereocenters. The molecule has 5 nitrogen and oxygen atoms in total. The van der Waals surface area contributed by atoms with E-state index >= 15 is 0 Å². The van der Waals surface area contributed by atoms with E-state index in [9.17, 15) is 9.59 Å². The van der Waals surface area contributed by atoms with Gasteiger partial charge in [-0.1, -0.05) is 26.2 Å². The molecule has 0 spiro atoms. The van der Waals surface area contributed by atoms with Crippen molar-refractivity contribution < 1.29 is 14.3 Å². The third-order valence-electron chi connectivity index (χ3n) is 3.49. The van der Waals surface area contributed by atoms with Gasteiger partial charge in [-0.3, -0.25) is 9.59 Å². The van der Waals surface area contributed by atoms with Crippen LogP contribution in [0.1, 0.15) is 49.9 Å². The fraction of sp³-hybridized carbons (Fsp3) is 0.500. The molecule has 1 atom stereocenters. The lowest BCUT2D eigenvalue weighted by molar-refractivity contribution is -0.118. The molecule has 1 aromatic rings. The lowest BCUT2D eigenvalue weighted by Gasteiger charge is -2.19. The van der Waals surface area contributed by atoms with Gasteiger partial charge in [0, 0.05) is 11.6 Å². The molecular weight excluding hydrogens is 268 g/mol. The molecule has 1 aliphatic rings. The standard InChI is InChI=1S/C16H22N2O3/c1-3-4-5-6-11(2)17-16(20)12-7-8-13-14(9-12)21-10-15(19)18-13/h7-9,11H,3-6,10H2,1-2H3,(H,17,20)(H,18,19). The van der Waals surface area contributed by atoms with E-state index in [0.29, 0.717) is 17.0 Å². The lowest BCUT2D eigenvalue weighted by Crippen LogP contribution is -2.32. The van der Waals surface area contributed by atoms with Gasteiger partial charge in [0.2, 0.25) is 0 Å². The fourth-order valence-electron chi connectivity index (χ4n) is 2.30. The van der Waals surface area contributed by atoms with E-state index in [2.05, 4.69) is 17.6 Å². The van der Waals surface area contributed by atoms with Crippen molar-refractivity contribution in [1.82, 2.24) is 5.32 Å². The molecule has 1 heterocycles. The van der Waals surface area contributed by atoms with Crippen molar-refractivity contribution in [2.24, 2.45) is 0 Å². The smallest absolute Gasteiger partial charge is 0.262 e. The number of ether oxygens (including phenoxy) is 1. The van der Waals surface area contributed by atoms with Crippen LogP contribution in [-0.4, -0.2) is 24.5 Å². The first-order chi connectivity index (χ1) is 10.1. The highest BCUT2D eigenvalue weighted by molar-refractivity contribution is 5.99. The molecule has 0 aliphatic carbocycles. The molecule has 0 fully saturated rings. The van der Waals surface area contributed by atoms with Crippen LogP contribution in [-0.2, 0) is 4.79 Å². The average Bonchev–Trinajstić information content (AvgIpc) is 2.46. The van der Waals surface area contributed by atoms with Gasteiger partial charge in [0.05, 0.1) is 5.69 Å². The predicted molar refractivity (Wildman–Crippen MR) is 81.6 cm³/mol. The maximum atomic E-state index is 12.2. The van der Waals surface area contributed by atoms with Crippen LogP contribution in [0, 0.1) is 0 Å². The first kappa shape index (κ1) is 15.4. The summed E-state index contributed by atoms with van der Waals surface area (Å²) in [5, 5.41) is 5.69. The maximum absolute atomic E-state index is 12.2. The van der Waals surface area contributed by atoms with Crippen molar-refractivity contribution in [1.29, 1.82) is 0 Å². The zero-order valence-corrected chi connectivity index (χ0v) is 12.6. The number of hydrogen-bond donors (Lipinski definition) is 2. The van der Waals surface area contributed by atoms with Crippen LogP contribution in [0.3, 0.4) is 0 Å². The van der Waals surface area contributed by atoms with Gasteiger partial charge in [-0.15, -0.1) is 0 Å². The molecule has 2 amide bonds. The average molecular weight is 290 g/mol. The summed E-state index contributed by atoms with van der Waals surface area (Å²) in [6, 6.07) is 5.22. The van der Waals surface area contributed by atoms with Gasteiger partial charge < -0.3 is 15.4 Å². The van der Waals surface area contributed by atoms with Crippen molar-refractivity contribution in [3.8, 4) is 5.75 Å². The van der Waals surface area contributed by atoms with Gasteiger partial charge in [-0.2, -0.15) is 0 Å². The summed E-state index contributed by atoms with van der Waals surface area (Å²) in [5.41, 5.74) is 1.16. The Kier molecular flexibility index (Phi) is 5.20. The molecule has 0 aromatic heterocycles. The molecule has 5 heteroatoms. The quantitative estimate of drug-likeness (QED) is 0.792. The summed E-state index contributed by atoms with van der Waals surface area (Å²) in [7, 11) is 0. The van der Waals surface area contributed by atoms with Crippen molar-refractivity contribution in [2.75, 3.05) is 11.9 Å². The summed E-state index contributed by atoms with van der Waals surface area (Å²) in [6.45, 7) is 4.17. The number of nitrogens with one attached hydrogen (secondary N) is 2. The second-order valence-corrected chi connectivity index (χ2v) is 5.42. The Morgan fingerprint density at radius 3 is 3.00 bits per heavy atom. The number of fused-ring (bicyclic) bond motifs is 1. The second-order valence-electron chi connectivity index (χ2n) is 5.42. The van der Waals surface area contributed by atoms with Crippen molar-refractivity contribution in [3.05, 3.63) is 23.8 Å². The molecule has 21 heavy (non-hydrogen) atoms. The predicted octanol–water partition coefficient (Wildman–Crippen LogP) is 2.72. The number of unbranched alkanes of at least 4 members (excludes halogenated alkanes) is 2. The maximum Gasteiger partial charge on any atom is 0.262 e. The number of amides is 2. The number of carbonyl (C=O) groups is 2. The zero-order valence-electron chi connectivity index (χ0n) is 12.6. The SMILES string of the molecule is CCCCCC(C)NC(=O)c1ccc2c(c1)OCC(=O)N2. The molecule has 0 saturated carbocycles. The van der Waals surface area contributed by atoms with Crippen LogP contribution < -0.4 is 15.4 Å². The Labute approximate surface area is 125 Å². The number of benzene rings is 1. The summed E-state index contributed by atoms with van der Waals surface area (Å²) in [5.74, 6) is 0.257. The van der Waals surface area contributed by atoms with E-state index in [4.69, 9.17) is 4.74 Å². The summed E-state index contributed by atoms with van der Waals surface area (Å²) < 4.78 is 5.32. The second kappa shape index (κ2) is 7.11. The zero-order chi connectivity index (χ0) is 15.2. The third kappa shape index (κ3) is 4.21. The topological polar surface area (TPSA) is 67.4 Å². The minimum absolute atomic E-state index is 0.00844. The van der Waals surface area contributed by atoms with Gasteiger partial charge in [-0.05, 0) is 31.5 Å². The Bertz CT molecular complexity index is 528. The molecule has 0 radical (unpaired) electrons. The van der Waals surface area contributed by atoms with E-state index in [0.717, 1.165) is 12.8 Å². The van der Waals surface area contributed by atoms with Crippen molar-refractivity contribution in [2.45, 2.75) is 45.6 Å². The first-order valence-corrected chi connectivity index (χ1v) is 7.47. The molecular formula is C16H22N2O3. The number of anilines is 1. The van der Waals surface area contributed by atoms with Gasteiger partial charge in [0.15, 0.2) is 6.61 Å². The summed E-state index contributed by atoms with van der Waals surface area (Å²) in [4.78, 5) is 23.4. The van der Waals surface area contributed by atoms with Crippen molar-refractivity contribution in [3.63, 3.8) is 0 Å². The van der Waals surface area contributed by atoms with Crippen LogP contribution in [0.25, 0.3) is 0 Å². The third-order valence-corrected chi connectivity index (χ3v) is 3.49. The van der Waals surface area contributed by atoms with Crippen LogP contribution in [0.5, 0.6) is 5.75 Å². The Hall–Kier alpha value is -2.04. The Morgan fingerprint density at radius 2 is 2.24 bits per heavy atom. The van der Waals surface area contributed by atoms with Gasteiger partial charge in [0.25, 0.3) is 11.8 Å². The van der Waals surface area contributed by atoms with E-state index in [-0.39, 0.29) is 24.5 Å². The highest BCUT2D eigenvalue weighted by Crippen LogP contribution is 2.28. The van der Waals surface area contributed by atoms with E-state index in [1.165, 1.54) is 12.8 Å². The molecule has 2 N–H and O–H groups in total. The molecule has 1 aromatic carbocycles. The first-order valence-electron chi connectivity index (χ1n) is 7.47. The van der Waals surface area contributed by atoms with E-state index in [1.807, 2.05) is 6.92 Å². The molecule has 0 bridgehead atoms. The largest absolute Gasteiger partial charge is 0.482 e. The minimum atomic E-state index is -0.177.